The molecule has 2 nitrogen and oxygen atoms in total. The lowest BCUT2D eigenvalue weighted by Gasteiger charge is -2.08. The summed E-state index contributed by atoms with van der Waals surface area (Å²) in [5.74, 6) is 1.14. The standard InChI is InChI=1S/C15H15BrN2/c1-18-14-10-12(16)7-8-13(14)17-15(18)9-11-5-3-2-4-6-11/h2-3,5,7-8,10H,4,6,9H2,1H3. The number of rotatable bonds is 2. The summed E-state index contributed by atoms with van der Waals surface area (Å²) in [5, 5.41) is 0. The topological polar surface area (TPSA) is 17.8 Å². The molecule has 1 aliphatic carbocycles. The van der Waals surface area contributed by atoms with E-state index in [0.29, 0.717) is 0 Å². The first-order valence-electron chi connectivity index (χ1n) is 6.19. The highest BCUT2D eigenvalue weighted by atomic mass is 79.9. The van der Waals surface area contributed by atoms with Gasteiger partial charge in [-0.2, -0.15) is 0 Å². The predicted octanol–water partition coefficient (Wildman–Crippen LogP) is 4.15. The summed E-state index contributed by atoms with van der Waals surface area (Å²) in [6.07, 6.45) is 9.85. The molecule has 18 heavy (non-hydrogen) atoms. The molecule has 1 aromatic carbocycles. The van der Waals surface area contributed by atoms with E-state index in [-0.39, 0.29) is 0 Å². The van der Waals surface area contributed by atoms with Crippen LogP contribution in [-0.4, -0.2) is 9.55 Å². The monoisotopic (exact) mass is 302 g/mol. The molecule has 1 aromatic heterocycles. The average molecular weight is 303 g/mol. The van der Waals surface area contributed by atoms with E-state index in [1.54, 1.807) is 0 Å². The van der Waals surface area contributed by atoms with Crippen LogP contribution in [0.4, 0.5) is 0 Å². The zero-order valence-electron chi connectivity index (χ0n) is 10.4. The third-order valence-electron chi connectivity index (χ3n) is 3.42. The summed E-state index contributed by atoms with van der Waals surface area (Å²) in [5.41, 5.74) is 3.73. The molecule has 3 rings (SSSR count). The van der Waals surface area contributed by atoms with Crippen LogP contribution in [0, 0.1) is 0 Å². The van der Waals surface area contributed by atoms with Crippen molar-refractivity contribution in [1.82, 2.24) is 9.55 Å². The number of imidazole rings is 1. The fourth-order valence-electron chi connectivity index (χ4n) is 2.37. The second-order valence-electron chi connectivity index (χ2n) is 4.69. The van der Waals surface area contributed by atoms with Crippen molar-refractivity contribution in [3.63, 3.8) is 0 Å². The van der Waals surface area contributed by atoms with Crippen molar-refractivity contribution >= 4 is 27.0 Å². The Hall–Kier alpha value is -1.35. The lowest BCUT2D eigenvalue weighted by molar-refractivity contribution is 0.804. The van der Waals surface area contributed by atoms with Gasteiger partial charge in [0.05, 0.1) is 11.0 Å². The van der Waals surface area contributed by atoms with Crippen LogP contribution >= 0.6 is 15.9 Å². The largest absolute Gasteiger partial charge is 0.331 e. The molecule has 0 unspecified atom stereocenters. The minimum absolute atomic E-state index is 0.952. The Morgan fingerprint density at radius 2 is 2.28 bits per heavy atom. The van der Waals surface area contributed by atoms with Crippen LogP contribution in [0.2, 0.25) is 0 Å². The molecular formula is C15H15BrN2. The highest BCUT2D eigenvalue weighted by Crippen LogP contribution is 2.23. The molecule has 0 spiro atoms. The summed E-state index contributed by atoms with van der Waals surface area (Å²) in [4.78, 5) is 4.72. The third-order valence-corrected chi connectivity index (χ3v) is 3.91. The predicted molar refractivity (Wildman–Crippen MR) is 78.6 cm³/mol. The number of halogens is 1. The van der Waals surface area contributed by atoms with Gasteiger partial charge in [0.15, 0.2) is 0 Å². The van der Waals surface area contributed by atoms with Gasteiger partial charge in [-0.05, 0) is 31.0 Å². The average Bonchev–Trinajstić information content (AvgIpc) is 2.68. The summed E-state index contributed by atoms with van der Waals surface area (Å²) in [6, 6.07) is 6.24. The number of hydrogen-bond donors (Lipinski definition) is 0. The van der Waals surface area contributed by atoms with Gasteiger partial charge < -0.3 is 4.57 Å². The molecular weight excluding hydrogens is 288 g/mol. The lowest BCUT2D eigenvalue weighted by Crippen LogP contribution is -2.01. The van der Waals surface area contributed by atoms with Crippen molar-refractivity contribution in [3.05, 3.63) is 52.3 Å². The lowest BCUT2D eigenvalue weighted by atomic mass is 10.0. The highest BCUT2D eigenvalue weighted by molar-refractivity contribution is 9.10. The van der Waals surface area contributed by atoms with E-state index in [0.717, 1.165) is 35.1 Å². The van der Waals surface area contributed by atoms with E-state index in [4.69, 9.17) is 4.98 Å². The quantitative estimate of drug-likeness (QED) is 0.815. The SMILES string of the molecule is Cn1c(CC2=CC=CCC2)nc2ccc(Br)cc21. The number of fused-ring (bicyclic) bond motifs is 1. The van der Waals surface area contributed by atoms with Crippen LogP contribution in [0.25, 0.3) is 11.0 Å². The van der Waals surface area contributed by atoms with E-state index in [2.05, 4.69) is 57.9 Å². The first-order valence-corrected chi connectivity index (χ1v) is 6.99. The minimum Gasteiger partial charge on any atom is -0.331 e. The number of benzene rings is 1. The van der Waals surface area contributed by atoms with Gasteiger partial charge in [-0.3, -0.25) is 0 Å². The van der Waals surface area contributed by atoms with Gasteiger partial charge in [-0.25, -0.2) is 4.98 Å². The molecule has 1 aliphatic rings. The molecule has 0 amide bonds. The van der Waals surface area contributed by atoms with Gasteiger partial charge in [-0.1, -0.05) is 39.7 Å². The van der Waals surface area contributed by atoms with Crippen LogP contribution in [0.5, 0.6) is 0 Å². The van der Waals surface area contributed by atoms with Crippen molar-refractivity contribution in [1.29, 1.82) is 0 Å². The van der Waals surface area contributed by atoms with Gasteiger partial charge >= 0.3 is 0 Å². The second-order valence-corrected chi connectivity index (χ2v) is 5.60. The molecule has 1 heterocycles. The van der Waals surface area contributed by atoms with E-state index in [9.17, 15) is 0 Å². The zero-order valence-corrected chi connectivity index (χ0v) is 11.9. The summed E-state index contributed by atoms with van der Waals surface area (Å²) in [6.45, 7) is 0. The Kier molecular flexibility index (Phi) is 3.08. The summed E-state index contributed by atoms with van der Waals surface area (Å²) in [7, 11) is 2.09. The van der Waals surface area contributed by atoms with Crippen LogP contribution < -0.4 is 0 Å². The van der Waals surface area contributed by atoms with Crippen molar-refractivity contribution in [2.75, 3.05) is 0 Å². The van der Waals surface area contributed by atoms with Gasteiger partial charge in [0.2, 0.25) is 0 Å². The molecule has 0 fully saturated rings. The van der Waals surface area contributed by atoms with Crippen LogP contribution in [0.1, 0.15) is 18.7 Å². The van der Waals surface area contributed by atoms with E-state index in [1.165, 1.54) is 11.1 Å². The first-order chi connectivity index (χ1) is 8.74. The number of aromatic nitrogens is 2. The smallest absolute Gasteiger partial charge is 0.113 e. The van der Waals surface area contributed by atoms with E-state index < -0.39 is 0 Å². The number of nitrogens with zero attached hydrogens (tertiary/aromatic N) is 2. The molecule has 0 N–H and O–H groups in total. The minimum atomic E-state index is 0.952. The maximum absolute atomic E-state index is 4.72. The Morgan fingerprint density at radius 1 is 1.39 bits per heavy atom. The molecule has 2 aromatic rings. The van der Waals surface area contributed by atoms with Crippen LogP contribution in [-0.2, 0) is 13.5 Å². The number of aryl methyl sites for hydroxylation is 1. The molecule has 92 valence electrons. The summed E-state index contributed by atoms with van der Waals surface area (Å²) < 4.78 is 3.29. The van der Waals surface area contributed by atoms with Crippen molar-refractivity contribution in [2.45, 2.75) is 19.3 Å². The first kappa shape index (κ1) is 11.7. The molecule has 0 saturated heterocycles. The number of hydrogen-bond acceptors (Lipinski definition) is 1. The maximum Gasteiger partial charge on any atom is 0.113 e. The van der Waals surface area contributed by atoms with Crippen molar-refractivity contribution < 1.29 is 0 Å². The van der Waals surface area contributed by atoms with Crippen LogP contribution in [0.15, 0.2) is 46.5 Å². The summed E-state index contributed by atoms with van der Waals surface area (Å²) >= 11 is 3.51. The molecule has 0 atom stereocenters. The van der Waals surface area contributed by atoms with E-state index in [1.807, 2.05) is 6.07 Å². The number of allylic oxidation sites excluding steroid dienone is 4. The van der Waals surface area contributed by atoms with Crippen molar-refractivity contribution in [3.8, 4) is 0 Å². The maximum atomic E-state index is 4.72. The Labute approximate surface area is 115 Å². The Bertz CT molecular complexity index is 650. The van der Waals surface area contributed by atoms with Gasteiger partial charge in [-0.15, -0.1) is 0 Å². The fraction of sp³-hybridized carbons (Fsp3) is 0.267. The molecule has 3 heteroatoms. The molecule has 0 saturated carbocycles. The highest BCUT2D eigenvalue weighted by Gasteiger charge is 2.10. The van der Waals surface area contributed by atoms with Crippen molar-refractivity contribution in [2.24, 2.45) is 7.05 Å². The Balaban J connectivity index is 1.99. The molecule has 0 radical (unpaired) electrons. The Morgan fingerprint density at radius 3 is 3.06 bits per heavy atom. The second kappa shape index (κ2) is 4.73. The van der Waals surface area contributed by atoms with E-state index >= 15 is 0 Å². The zero-order chi connectivity index (χ0) is 12.5. The van der Waals surface area contributed by atoms with Gasteiger partial charge in [0.25, 0.3) is 0 Å². The van der Waals surface area contributed by atoms with Gasteiger partial charge in [0, 0.05) is 17.9 Å². The normalized spacial score (nSPS) is 15.1. The molecule has 0 bridgehead atoms. The molecule has 0 aliphatic heterocycles. The third kappa shape index (κ3) is 2.15. The van der Waals surface area contributed by atoms with Gasteiger partial charge in [0.1, 0.15) is 5.82 Å². The fourth-order valence-corrected chi connectivity index (χ4v) is 2.72. The van der Waals surface area contributed by atoms with Crippen LogP contribution in [0.3, 0.4) is 0 Å².